The highest BCUT2D eigenvalue weighted by atomic mass is 16.3. The molecular weight excluding hydrogens is 168 g/mol. The Bertz CT molecular complexity index is 248. The van der Waals surface area contributed by atoms with Crippen LogP contribution in [0.15, 0.2) is 6.20 Å². The van der Waals surface area contributed by atoms with Crippen molar-refractivity contribution in [2.45, 2.75) is 32.4 Å². The standard InChI is InChI=1S/C8H16N4O/c1-2-8(13)7-6-12(11-10-7)5-3-4-9/h6,8,13H,2-5,9H2,1H3. The van der Waals surface area contributed by atoms with Gasteiger partial charge in [0.2, 0.25) is 0 Å². The molecule has 5 nitrogen and oxygen atoms in total. The molecule has 0 aliphatic rings. The van der Waals surface area contributed by atoms with Crippen LogP contribution in [-0.4, -0.2) is 26.6 Å². The summed E-state index contributed by atoms with van der Waals surface area (Å²) in [6.07, 6.45) is 2.82. The zero-order chi connectivity index (χ0) is 9.68. The first kappa shape index (κ1) is 10.1. The lowest BCUT2D eigenvalue weighted by Crippen LogP contribution is -2.06. The lowest BCUT2D eigenvalue weighted by molar-refractivity contribution is 0.168. The number of hydrogen-bond acceptors (Lipinski definition) is 4. The summed E-state index contributed by atoms with van der Waals surface area (Å²) >= 11 is 0. The minimum atomic E-state index is -0.494. The maximum atomic E-state index is 9.43. The molecule has 0 radical (unpaired) electrons. The molecule has 5 heteroatoms. The molecule has 0 saturated carbocycles. The maximum absolute atomic E-state index is 9.43. The molecular formula is C8H16N4O. The molecule has 0 spiro atoms. The predicted molar refractivity (Wildman–Crippen MR) is 48.9 cm³/mol. The van der Waals surface area contributed by atoms with Gasteiger partial charge in [0.25, 0.3) is 0 Å². The van der Waals surface area contributed by atoms with Gasteiger partial charge in [0.15, 0.2) is 0 Å². The van der Waals surface area contributed by atoms with Gasteiger partial charge in [0, 0.05) is 6.54 Å². The minimum Gasteiger partial charge on any atom is -0.387 e. The summed E-state index contributed by atoms with van der Waals surface area (Å²) in [7, 11) is 0. The molecule has 1 unspecified atom stereocenters. The van der Waals surface area contributed by atoms with Crippen LogP contribution in [0.3, 0.4) is 0 Å². The van der Waals surface area contributed by atoms with Crippen molar-refractivity contribution in [1.29, 1.82) is 0 Å². The lowest BCUT2D eigenvalue weighted by atomic mass is 10.2. The van der Waals surface area contributed by atoms with Gasteiger partial charge < -0.3 is 10.8 Å². The first-order chi connectivity index (χ1) is 6.27. The minimum absolute atomic E-state index is 0.494. The Hall–Kier alpha value is -0.940. The Labute approximate surface area is 77.6 Å². The summed E-state index contributed by atoms with van der Waals surface area (Å²) < 4.78 is 1.71. The van der Waals surface area contributed by atoms with Crippen molar-refractivity contribution >= 4 is 0 Å². The van der Waals surface area contributed by atoms with Crippen molar-refractivity contribution in [2.24, 2.45) is 5.73 Å². The molecule has 1 heterocycles. The second kappa shape index (κ2) is 4.94. The topological polar surface area (TPSA) is 77.0 Å². The van der Waals surface area contributed by atoms with E-state index in [0.717, 1.165) is 13.0 Å². The molecule has 1 atom stereocenters. The first-order valence-electron chi connectivity index (χ1n) is 4.56. The van der Waals surface area contributed by atoms with Crippen molar-refractivity contribution in [3.05, 3.63) is 11.9 Å². The fourth-order valence-electron chi connectivity index (χ4n) is 1.04. The van der Waals surface area contributed by atoms with Gasteiger partial charge in [-0.15, -0.1) is 5.10 Å². The van der Waals surface area contributed by atoms with Crippen LogP contribution in [0.5, 0.6) is 0 Å². The Morgan fingerprint density at radius 1 is 1.69 bits per heavy atom. The second-order valence-corrected chi connectivity index (χ2v) is 2.97. The highest BCUT2D eigenvalue weighted by Gasteiger charge is 2.08. The van der Waals surface area contributed by atoms with E-state index in [0.29, 0.717) is 18.7 Å². The fourth-order valence-corrected chi connectivity index (χ4v) is 1.04. The number of aryl methyl sites for hydroxylation is 1. The molecule has 0 aliphatic heterocycles. The summed E-state index contributed by atoms with van der Waals surface area (Å²) in [6, 6.07) is 0. The van der Waals surface area contributed by atoms with E-state index in [1.54, 1.807) is 10.9 Å². The van der Waals surface area contributed by atoms with Crippen LogP contribution in [0.2, 0.25) is 0 Å². The van der Waals surface area contributed by atoms with Crippen LogP contribution in [0.1, 0.15) is 31.6 Å². The van der Waals surface area contributed by atoms with Gasteiger partial charge >= 0.3 is 0 Å². The summed E-state index contributed by atoms with van der Waals surface area (Å²) in [4.78, 5) is 0. The fraction of sp³-hybridized carbons (Fsp3) is 0.750. The van der Waals surface area contributed by atoms with Crippen LogP contribution in [-0.2, 0) is 6.54 Å². The van der Waals surface area contributed by atoms with Gasteiger partial charge in [-0.3, -0.25) is 4.68 Å². The normalized spacial score (nSPS) is 13.2. The smallest absolute Gasteiger partial charge is 0.111 e. The third-order valence-electron chi connectivity index (χ3n) is 1.88. The number of aromatic nitrogens is 3. The first-order valence-corrected chi connectivity index (χ1v) is 4.56. The van der Waals surface area contributed by atoms with Gasteiger partial charge in [-0.2, -0.15) is 0 Å². The number of aliphatic hydroxyl groups is 1. The molecule has 0 amide bonds. The van der Waals surface area contributed by atoms with Crippen molar-refractivity contribution in [2.75, 3.05) is 6.54 Å². The molecule has 0 aromatic carbocycles. The van der Waals surface area contributed by atoms with Gasteiger partial charge in [-0.1, -0.05) is 12.1 Å². The van der Waals surface area contributed by atoms with Crippen LogP contribution >= 0.6 is 0 Å². The summed E-state index contributed by atoms with van der Waals surface area (Å²) in [5.41, 5.74) is 6.00. The van der Waals surface area contributed by atoms with Crippen molar-refractivity contribution in [3.63, 3.8) is 0 Å². The molecule has 74 valence electrons. The molecule has 13 heavy (non-hydrogen) atoms. The number of hydrogen-bond donors (Lipinski definition) is 2. The van der Waals surface area contributed by atoms with Gasteiger partial charge in [-0.05, 0) is 19.4 Å². The predicted octanol–water partition coefficient (Wildman–Crippen LogP) is 0.0703. The van der Waals surface area contributed by atoms with Crippen molar-refractivity contribution in [3.8, 4) is 0 Å². The summed E-state index contributed by atoms with van der Waals surface area (Å²) in [5, 5.41) is 17.2. The van der Waals surface area contributed by atoms with E-state index in [-0.39, 0.29) is 0 Å². The number of nitrogens with zero attached hydrogens (tertiary/aromatic N) is 3. The Morgan fingerprint density at radius 2 is 2.46 bits per heavy atom. The Kier molecular flexibility index (Phi) is 3.85. The van der Waals surface area contributed by atoms with Crippen molar-refractivity contribution < 1.29 is 5.11 Å². The molecule has 3 N–H and O–H groups in total. The van der Waals surface area contributed by atoms with E-state index < -0.39 is 6.10 Å². The van der Waals surface area contributed by atoms with E-state index >= 15 is 0 Å². The second-order valence-electron chi connectivity index (χ2n) is 2.97. The Balaban J connectivity index is 2.53. The van der Waals surface area contributed by atoms with E-state index in [1.165, 1.54) is 0 Å². The SMILES string of the molecule is CCC(O)c1cn(CCCN)nn1. The molecule has 1 aromatic rings. The number of nitrogens with two attached hydrogens (primary N) is 1. The molecule has 1 aromatic heterocycles. The molecule has 0 fully saturated rings. The highest BCUT2D eigenvalue weighted by molar-refractivity contribution is 4.96. The molecule has 0 bridgehead atoms. The van der Waals surface area contributed by atoms with Gasteiger partial charge in [-0.25, -0.2) is 0 Å². The third kappa shape index (κ3) is 2.78. The number of aliphatic hydroxyl groups excluding tert-OH is 1. The van der Waals surface area contributed by atoms with E-state index in [9.17, 15) is 5.11 Å². The average molecular weight is 184 g/mol. The number of rotatable bonds is 5. The van der Waals surface area contributed by atoms with Crippen LogP contribution < -0.4 is 5.73 Å². The quantitative estimate of drug-likeness (QED) is 0.679. The summed E-state index contributed by atoms with van der Waals surface area (Å²) in [5.74, 6) is 0. The van der Waals surface area contributed by atoms with Crippen LogP contribution in [0, 0.1) is 0 Å². The molecule has 0 aliphatic carbocycles. The van der Waals surface area contributed by atoms with Gasteiger partial charge in [0.05, 0.1) is 12.3 Å². The largest absolute Gasteiger partial charge is 0.387 e. The van der Waals surface area contributed by atoms with E-state index in [1.807, 2.05) is 6.92 Å². The monoisotopic (exact) mass is 184 g/mol. The average Bonchev–Trinajstić information content (AvgIpc) is 2.62. The molecule has 1 rings (SSSR count). The highest BCUT2D eigenvalue weighted by Crippen LogP contribution is 2.11. The summed E-state index contributed by atoms with van der Waals surface area (Å²) in [6.45, 7) is 3.31. The Morgan fingerprint density at radius 3 is 3.08 bits per heavy atom. The van der Waals surface area contributed by atoms with E-state index in [2.05, 4.69) is 10.3 Å². The maximum Gasteiger partial charge on any atom is 0.111 e. The third-order valence-corrected chi connectivity index (χ3v) is 1.88. The lowest BCUT2D eigenvalue weighted by Gasteiger charge is -2.00. The zero-order valence-corrected chi connectivity index (χ0v) is 7.85. The molecule has 0 saturated heterocycles. The van der Waals surface area contributed by atoms with Crippen LogP contribution in [0.4, 0.5) is 0 Å². The van der Waals surface area contributed by atoms with Crippen molar-refractivity contribution in [1.82, 2.24) is 15.0 Å². The zero-order valence-electron chi connectivity index (χ0n) is 7.85. The van der Waals surface area contributed by atoms with Crippen LogP contribution in [0.25, 0.3) is 0 Å². The van der Waals surface area contributed by atoms with Gasteiger partial charge in [0.1, 0.15) is 5.69 Å². The van der Waals surface area contributed by atoms with E-state index in [4.69, 9.17) is 5.73 Å².